The smallest absolute Gasteiger partial charge is 0.324 e. The van der Waals surface area contributed by atoms with Gasteiger partial charge in [-0.25, -0.2) is 0 Å². The number of likely N-dealkylation sites (N-methyl/N-ethyl adjacent to an activating group) is 1. The van der Waals surface area contributed by atoms with Gasteiger partial charge in [0, 0.05) is 6.54 Å². The summed E-state index contributed by atoms with van der Waals surface area (Å²) < 4.78 is 0. The van der Waals surface area contributed by atoms with Gasteiger partial charge in [-0.3, -0.25) is 9.69 Å². The average Bonchev–Trinajstić information content (AvgIpc) is 2.22. The van der Waals surface area contributed by atoms with Crippen molar-refractivity contribution in [3.63, 3.8) is 0 Å². The van der Waals surface area contributed by atoms with Gasteiger partial charge in [-0.1, -0.05) is 26.2 Å². The Bertz CT molecular complexity index is 288. The Morgan fingerprint density at radius 1 is 1.35 bits per heavy atom. The van der Waals surface area contributed by atoms with Crippen molar-refractivity contribution in [2.24, 2.45) is 11.8 Å². The number of hydrogen-bond donors (Lipinski definition) is 1. The molecule has 0 saturated heterocycles. The number of rotatable bonds is 4. The Balaban J connectivity index is 2.05. The van der Waals surface area contributed by atoms with Crippen molar-refractivity contribution >= 4 is 5.97 Å². The second-order valence-corrected chi connectivity index (χ2v) is 6.22. The maximum atomic E-state index is 11.7. The molecular weight excluding hydrogens is 214 g/mol. The lowest BCUT2D eigenvalue weighted by atomic mass is 9.74. The third-order valence-corrected chi connectivity index (χ3v) is 4.86. The Morgan fingerprint density at radius 2 is 2.06 bits per heavy atom. The van der Waals surface area contributed by atoms with Gasteiger partial charge in [-0.2, -0.15) is 0 Å². The van der Waals surface area contributed by atoms with Crippen LogP contribution >= 0.6 is 0 Å². The Kier molecular flexibility index (Phi) is 3.76. The van der Waals surface area contributed by atoms with Gasteiger partial charge in [0.25, 0.3) is 0 Å². The van der Waals surface area contributed by atoms with Gasteiger partial charge in [0.05, 0.1) is 0 Å². The molecule has 0 spiro atoms. The van der Waals surface area contributed by atoms with Crippen molar-refractivity contribution in [3.05, 3.63) is 0 Å². The number of carboxylic acids is 1. The van der Waals surface area contributed by atoms with Crippen molar-refractivity contribution in [1.82, 2.24) is 4.90 Å². The van der Waals surface area contributed by atoms with Crippen molar-refractivity contribution < 1.29 is 9.90 Å². The van der Waals surface area contributed by atoms with Gasteiger partial charge in [0.1, 0.15) is 5.54 Å². The fourth-order valence-electron chi connectivity index (χ4n) is 3.47. The monoisotopic (exact) mass is 239 g/mol. The van der Waals surface area contributed by atoms with Gasteiger partial charge in [0.15, 0.2) is 0 Å². The lowest BCUT2D eigenvalue weighted by Crippen LogP contribution is -2.56. The van der Waals surface area contributed by atoms with E-state index in [9.17, 15) is 9.90 Å². The molecule has 2 atom stereocenters. The largest absolute Gasteiger partial charge is 0.480 e. The molecule has 2 unspecified atom stereocenters. The number of aliphatic carboxylic acids is 1. The zero-order chi connectivity index (χ0) is 12.5. The van der Waals surface area contributed by atoms with Gasteiger partial charge >= 0.3 is 5.97 Å². The van der Waals surface area contributed by atoms with Crippen LogP contribution in [0.25, 0.3) is 0 Å². The van der Waals surface area contributed by atoms with Crippen LogP contribution in [0, 0.1) is 11.8 Å². The van der Waals surface area contributed by atoms with E-state index < -0.39 is 11.5 Å². The number of nitrogens with zero attached hydrogens (tertiary/aromatic N) is 1. The predicted octanol–water partition coefficient (Wildman–Crippen LogP) is 2.75. The highest BCUT2D eigenvalue weighted by molar-refractivity contribution is 5.79. The van der Waals surface area contributed by atoms with Gasteiger partial charge in [0.2, 0.25) is 0 Å². The van der Waals surface area contributed by atoms with Crippen LogP contribution in [-0.4, -0.2) is 35.1 Å². The molecule has 0 radical (unpaired) electrons. The SMILES string of the molecule is CC1CCCC(C(=O)O)(N(C)CC2CCC2)C1. The lowest BCUT2D eigenvalue weighted by Gasteiger charge is -2.45. The highest BCUT2D eigenvalue weighted by Crippen LogP contribution is 2.38. The number of carboxylic acid groups (broad SMARTS) is 1. The molecule has 0 bridgehead atoms. The molecule has 2 aliphatic rings. The molecular formula is C14H25NO2. The molecule has 0 amide bonds. The van der Waals surface area contributed by atoms with E-state index in [1.165, 1.54) is 25.7 Å². The Hall–Kier alpha value is -0.570. The second-order valence-electron chi connectivity index (χ2n) is 6.22. The summed E-state index contributed by atoms with van der Waals surface area (Å²) in [6.07, 6.45) is 7.80. The fraction of sp³-hybridized carbons (Fsp3) is 0.929. The molecule has 2 rings (SSSR count). The minimum Gasteiger partial charge on any atom is -0.480 e. The standard InChI is InChI=1S/C14H25NO2/c1-11-5-4-8-14(9-11,13(16)17)15(2)10-12-6-3-7-12/h11-12H,3-10H2,1-2H3,(H,16,17). The minimum absolute atomic E-state index is 0.545. The van der Waals surface area contributed by atoms with Gasteiger partial charge in [-0.05, 0) is 44.6 Å². The van der Waals surface area contributed by atoms with E-state index in [0.717, 1.165) is 31.7 Å². The predicted molar refractivity (Wildman–Crippen MR) is 68.0 cm³/mol. The molecule has 0 heterocycles. The molecule has 2 fully saturated rings. The number of hydrogen-bond acceptors (Lipinski definition) is 2. The first-order chi connectivity index (χ1) is 8.04. The quantitative estimate of drug-likeness (QED) is 0.820. The lowest BCUT2D eigenvalue weighted by molar-refractivity contribution is -0.155. The zero-order valence-electron chi connectivity index (χ0n) is 11.1. The minimum atomic E-state index is -0.606. The van der Waals surface area contributed by atoms with Crippen LogP contribution in [0.5, 0.6) is 0 Å². The zero-order valence-corrected chi connectivity index (χ0v) is 11.1. The van der Waals surface area contributed by atoms with E-state index in [4.69, 9.17) is 0 Å². The van der Waals surface area contributed by atoms with E-state index in [1.807, 2.05) is 7.05 Å². The Labute approximate surface area is 104 Å². The third-order valence-electron chi connectivity index (χ3n) is 4.86. The summed E-state index contributed by atoms with van der Waals surface area (Å²) in [6.45, 7) is 3.16. The number of carbonyl (C=O) groups is 1. The average molecular weight is 239 g/mol. The highest BCUT2D eigenvalue weighted by atomic mass is 16.4. The van der Waals surface area contributed by atoms with Crippen LogP contribution < -0.4 is 0 Å². The summed E-state index contributed by atoms with van der Waals surface area (Å²) in [7, 11) is 2.02. The van der Waals surface area contributed by atoms with E-state index in [0.29, 0.717) is 5.92 Å². The fourth-order valence-corrected chi connectivity index (χ4v) is 3.47. The molecule has 17 heavy (non-hydrogen) atoms. The first-order valence-corrected chi connectivity index (χ1v) is 6.99. The summed E-state index contributed by atoms with van der Waals surface area (Å²) in [4.78, 5) is 13.9. The molecule has 0 aromatic carbocycles. The molecule has 0 aliphatic heterocycles. The summed E-state index contributed by atoms with van der Waals surface area (Å²) >= 11 is 0. The highest BCUT2D eigenvalue weighted by Gasteiger charge is 2.45. The third kappa shape index (κ3) is 2.49. The molecule has 2 saturated carbocycles. The first kappa shape index (κ1) is 12.9. The van der Waals surface area contributed by atoms with Crippen LogP contribution in [0.2, 0.25) is 0 Å². The molecule has 1 N–H and O–H groups in total. The molecule has 3 nitrogen and oxygen atoms in total. The summed E-state index contributed by atoms with van der Waals surface area (Å²) in [6, 6.07) is 0. The van der Waals surface area contributed by atoms with Crippen molar-refractivity contribution in [2.45, 2.75) is 57.4 Å². The first-order valence-electron chi connectivity index (χ1n) is 6.99. The van der Waals surface area contributed by atoms with Gasteiger partial charge in [-0.15, -0.1) is 0 Å². The van der Waals surface area contributed by atoms with Crippen LogP contribution in [0.3, 0.4) is 0 Å². The van der Waals surface area contributed by atoms with Gasteiger partial charge < -0.3 is 5.11 Å². The van der Waals surface area contributed by atoms with Crippen molar-refractivity contribution in [3.8, 4) is 0 Å². The maximum absolute atomic E-state index is 11.7. The topological polar surface area (TPSA) is 40.5 Å². The van der Waals surface area contributed by atoms with E-state index >= 15 is 0 Å². The van der Waals surface area contributed by atoms with Crippen molar-refractivity contribution in [2.75, 3.05) is 13.6 Å². The molecule has 2 aliphatic carbocycles. The van der Waals surface area contributed by atoms with Crippen LogP contribution in [0.1, 0.15) is 51.9 Å². The summed E-state index contributed by atoms with van der Waals surface area (Å²) in [5, 5.41) is 9.64. The van der Waals surface area contributed by atoms with Crippen molar-refractivity contribution in [1.29, 1.82) is 0 Å². The summed E-state index contributed by atoms with van der Waals surface area (Å²) in [5.74, 6) is 0.683. The van der Waals surface area contributed by atoms with E-state index in [1.54, 1.807) is 0 Å². The normalized spacial score (nSPS) is 34.6. The molecule has 3 heteroatoms. The van der Waals surface area contributed by atoms with Crippen LogP contribution in [-0.2, 0) is 4.79 Å². The molecule has 0 aromatic heterocycles. The van der Waals surface area contributed by atoms with Crippen LogP contribution in [0.15, 0.2) is 0 Å². The Morgan fingerprint density at radius 3 is 2.53 bits per heavy atom. The molecule has 0 aromatic rings. The second kappa shape index (κ2) is 4.97. The maximum Gasteiger partial charge on any atom is 0.324 e. The van der Waals surface area contributed by atoms with E-state index in [-0.39, 0.29) is 0 Å². The van der Waals surface area contributed by atoms with E-state index in [2.05, 4.69) is 11.8 Å². The van der Waals surface area contributed by atoms with Crippen LogP contribution in [0.4, 0.5) is 0 Å². The summed E-state index contributed by atoms with van der Waals surface area (Å²) in [5.41, 5.74) is -0.576. The molecule has 98 valence electrons.